The first kappa shape index (κ1) is 20.4. The van der Waals surface area contributed by atoms with E-state index in [1.54, 1.807) is 53.4 Å². The van der Waals surface area contributed by atoms with E-state index in [-0.39, 0.29) is 18.4 Å². The van der Waals surface area contributed by atoms with Crippen molar-refractivity contribution in [3.8, 4) is 0 Å². The standard InChI is InChI=1S/C23H22ClN3O2/c1-2-27(19-8-4-3-5-9-19)23(29)17-12-14-18(15-13-17)25-16-22(28)26-21-11-7-6-10-20(21)24/h3-15,25H,2,16H2,1H3,(H,26,28). The largest absolute Gasteiger partial charge is 0.376 e. The summed E-state index contributed by atoms with van der Waals surface area (Å²) in [6, 6.07) is 23.7. The highest BCUT2D eigenvalue weighted by atomic mass is 35.5. The molecular weight excluding hydrogens is 386 g/mol. The Kier molecular flexibility index (Phi) is 6.87. The zero-order valence-electron chi connectivity index (χ0n) is 16.1. The van der Waals surface area contributed by atoms with Gasteiger partial charge in [-0.2, -0.15) is 0 Å². The number of benzene rings is 3. The van der Waals surface area contributed by atoms with Crippen LogP contribution in [0.5, 0.6) is 0 Å². The van der Waals surface area contributed by atoms with Gasteiger partial charge in [0.05, 0.1) is 17.3 Å². The minimum absolute atomic E-state index is 0.0679. The van der Waals surface area contributed by atoms with Gasteiger partial charge in [-0.3, -0.25) is 9.59 Å². The first-order valence-corrected chi connectivity index (χ1v) is 9.71. The van der Waals surface area contributed by atoms with Gasteiger partial charge >= 0.3 is 0 Å². The third kappa shape index (κ3) is 5.36. The maximum absolute atomic E-state index is 12.8. The molecule has 0 aliphatic carbocycles. The Labute approximate surface area is 175 Å². The monoisotopic (exact) mass is 407 g/mol. The van der Waals surface area contributed by atoms with Crippen LogP contribution in [0.25, 0.3) is 0 Å². The molecule has 0 radical (unpaired) electrons. The minimum atomic E-state index is -0.209. The number of hydrogen-bond donors (Lipinski definition) is 2. The quantitative estimate of drug-likeness (QED) is 0.575. The number of nitrogens with one attached hydrogen (secondary N) is 2. The Morgan fingerprint density at radius 1 is 0.897 bits per heavy atom. The fraction of sp³-hybridized carbons (Fsp3) is 0.130. The number of halogens is 1. The number of rotatable bonds is 7. The number of para-hydroxylation sites is 2. The van der Waals surface area contributed by atoms with E-state index in [2.05, 4.69) is 10.6 Å². The van der Waals surface area contributed by atoms with Crippen molar-refractivity contribution in [2.45, 2.75) is 6.92 Å². The van der Waals surface area contributed by atoms with Crippen LogP contribution >= 0.6 is 11.6 Å². The van der Waals surface area contributed by atoms with Crippen LogP contribution in [0.4, 0.5) is 17.1 Å². The third-order valence-corrected chi connectivity index (χ3v) is 4.69. The molecule has 0 aliphatic heterocycles. The van der Waals surface area contributed by atoms with Gasteiger partial charge in [0.25, 0.3) is 5.91 Å². The van der Waals surface area contributed by atoms with Gasteiger partial charge in [0.1, 0.15) is 0 Å². The molecular formula is C23H22ClN3O2. The SMILES string of the molecule is CCN(C(=O)c1ccc(NCC(=O)Nc2ccccc2Cl)cc1)c1ccccc1. The smallest absolute Gasteiger partial charge is 0.258 e. The summed E-state index contributed by atoms with van der Waals surface area (Å²) in [7, 11) is 0. The lowest BCUT2D eigenvalue weighted by Gasteiger charge is -2.21. The zero-order chi connectivity index (χ0) is 20.6. The zero-order valence-corrected chi connectivity index (χ0v) is 16.8. The number of amides is 2. The molecule has 0 aliphatic rings. The first-order chi connectivity index (χ1) is 14.1. The highest BCUT2D eigenvalue weighted by molar-refractivity contribution is 6.33. The Morgan fingerprint density at radius 2 is 1.55 bits per heavy atom. The van der Waals surface area contributed by atoms with Gasteiger partial charge in [-0.15, -0.1) is 0 Å². The highest BCUT2D eigenvalue weighted by Gasteiger charge is 2.15. The Hall–Kier alpha value is -3.31. The molecule has 2 amide bonds. The van der Waals surface area contributed by atoms with E-state index in [0.29, 0.717) is 22.8 Å². The molecule has 0 bridgehead atoms. The molecule has 6 heteroatoms. The number of carbonyl (C=O) groups is 2. The number of nitrogens with zero attached hydrogens (tertiary/aromatic N) is 1. The van der Waals surface area contributed by atoms with Crippen molar-refractivity contribution >= 4 is 40.5 Å². The molecule has 0 atom stereocenters. The highest BCUT2D eigenvalue weighted by Crippen LogP contribution is 2.20. The first-order valence-electron chi connectivity index (χ1n) is 9.33. The Balaban J connectivity index is 1.59. The van der Waals surface area contributed by atoms with Gasteiger partial charge in [0.15, 0.2) is 0 Å². The molecule has 5 nitrogen and oxygen atoms in total. The van der Waals surface area contributed by atoms with Crippen molar-refractivity contribution in [2.75, 3.05) is 28.6 Å². The van der Waals surface area contributed by atoms with Crippen molar-refractivity contribution < 1.29 is 9.59 Å². The molecule has 148 valence electrons. The fourth-order valence-electron chi connectivity index (χ4n) is 2.88. The maximum Gasteiger partial charge on any atom is 0.258 e. The Morgan fingerprint density at radius 3 is 2.21 bits per heavy atom. The summed E-state index contributed by atoms with van der Waals surface area (Å²) in [6.07, 6.45) is 0. The summed E-state index contributed by atoms with van der Waals surface area (Å²) in [6.45, 7) is 2.60. The van der Waals surface area contributed by atoms with Crippen LogP contribution in [0.2, 0.25) is 5.02 Å². The van der Waals surface area contributed by atoms with Crippen molar-refractivity contribution in [3.05, 3.63) is 89.4 Å². The molecule has 0 unspecified atom stereocenters. The topological polar surface area (TPSA) is 61.4 Å². The van der Waals surface area contributed by atoms with E-state index >= 15 is 0 Å². The van der Waals surface area contributed by atoms with Gasteiger partial charge in [0.2, 0.25) is 5.91 Å². The molecule has 3 aromatic rings. The second-order valence-corrected chi connectivity index (χ2v) is 6.75. The summed E-state index contributed by atoms with van der Waals surface area (Å²) in [4.78, 5) is 26.6. The van der Waals surface area contributed by atoms with Crippen molar-refractivity contribution in [2.24, 2.45) is 0 Å². The lowest BCUT2D eigenvalue weighted by molar-refractivity contribution is -0.114. The van der Waals surface area contributed by atoms with Gasteiger partial charge < -0.3 is 15.5 Å². The van der Waals surface area contributed by atoms with Gasteiger partial charge in [-0.05, 0) is 55.5 Å². The van der Waals surface area contributed by atoms with Crippen LogP contribution in [0, 0.1) is 0 Å². The van der Waals surface area contributed by atoms with Crippen molar-refractivity contribution in [3.63, 3.8) is 0 Å². The lowest BCUT2D eigenvalue weighted by atomic mass is 10.1. The molecule has 0 saturated heterocycles. The summed E-state index contributed by atoms with van der Waals surface area (Å²) >= 11 is 6.04. The van der Waals surface area contributed by atoms with Crippen LogP contribution in [0.1, 0.15) is 17.3 Å². The average molecular weight is 408 g/mol. The summed E-state index contributed by atoms with van der Waals surface area (Å²) in [5.41, 5.74) is 2.77. The van der Waals surface area contributed by atoms with Gasteiger partial charge in [-0.25, -0.2) is 0 Å². The van der Waals surface area contributed by atoms with Crippen LogP contribution in [-0.2, 0) is 4.79 Å². The van der Waals surface area contributed by atoms with Crippen LogP contribution in [-0.4, -0.2) is 24.9 Å². The number of hydrogen-bond acceptors (Lipinski definition) is 3. The minimum Gasteiger partial charge on any atom is -0.376 e. The molecule has 0 saturated carbocycles. The number of carbonyl (C=O) groups excluding carboxylic acids is 2. The van der Waals surface area contributed by atoms with Crippen LogP contribution in [0.3, 0.4) is 0 Å². The van der Waals surface area contributed by atoms with Crippen LogP contribution in [0.15, 0.2) is 78.9 Å². The van der Waals surface area contributed by atoms with Gasteiger partial charge in [0, 0.05) is 23.5 Å². The van der Waals surface area contributed by atoms with Crippen molar-refractivity contribution in [1.29, 1.82) is 0 Å². The average Bonchev–Trinajstić information content (AvgIpc) is 2.75. The van der Waals surface area contributed by atoms with Crippen molar-refractivity contribution in [1.82, 2.24) is 0 Å². The van der Waals surface area contributed by atoms with Crippen LogP contribution < -0.4 is 15.5 Å². The Bertz CT molecular complexity index is 975. The maximum atomic E-state index is 12.8. The van der Waals surface area contributed by atoms with E-state index < -0.39 is 0 Å². The molecule has 3 aromatic carbocycles. The van der Waals surface area contributed by atoms with E-state index in [9.17, 15) is 9.59 Å². The van der Waals surface area contributed by atoms with E-state index in [1.165, 1.54) is 0 Å². The molecule has 0 fully saturated rings. The molecule has 0 heterocycles. The summed E-state index contributed by atoms with van der Waals surface area (Å²) < 4.78 is 0. The summed E-state index contributed by atoms with van der Waals surface area (Å²) in [5.74, 6) is -0.277. The third-order valence-electron chi connectivity index (χ3n) is 4.36. The van der Waals surface area contributed by atoms with E-state index in [1.807, 2.05) is 37.3 Å². The second kappa shape index (κ2) is 9.75. The van der Waals surface area contributed by atoms with E-state index in [4.69, 9.17) is 11.6 Å². The second-order valence-electron chi connectivity index (χ2n) is 6.34. The summed E-state index contributed by atoms with van der Waals surface area (Å²) in [5, 5.41) is 6.29. The molecule has 29 heavy (non-hydrogen) atoms. The molecule has 3 rings (SSSR count). The lowest BCUT2D eigenvalue weighted by Crippen LogP contribution is -2.30. The molecule has 0 spiro atoms. The number of anilines is 3. The predicted octanol–water partition coefficient (Wildman–Crippen LogP) is 5.06. The molecule has 2 N–H and O–H groups in total. The normalized spacial score (nSPS) is 10.3. The predicted molar refractivity (Wildman–Crippen MR) is 119 cm³/mol. The van der Waals surface area contributed by atoms with E-state index in [0.717, 1.165) is 11.4 Å². The molecule has 0 aromatic heterocycles. The van der Waals surface area contributed by atoms with Gasteiger partial charge in [-0.1, -0.05) is 41.9 Å². The fourth-order valence-corrected chi connectivity index (χ4v) is 3.06.